The van der Waals surface area contributed by atoms with Crippen molar-refractivity contribution in [3.05, 3.63) is 79.9 Å². The second kappa shape index (κ2) is 7.57. The molecule has 0 unspecified atom stereocenters. The number of fused-ring (bicyclic) bond motifs is 1. The van der Waals surface area contributed by atoms with Gasteiger partial charge in [0.1, 0.15) is 27.8 Å². The number of carbonyl (C=O) groups is 1. The van der Waals surface area contributed by atoms with Crippen LogP contribution in [0.2, 0.25) is 5.15 Å². The number of nitrogens with zero attached hydrogens (tertiary/aromatic N) is 3. The molecule has 0 atom stereocenters. The lowest BCUT2D eigenvalue weighted by Crippen LogP contribution is -2.14. The van der Waals surface area contributed by atoms with E-state index < -0.39 is 5.97 Å². The summed E-state index contributed by atoms with van der Waals surface area (Å²) in [6, 6.07) is 11.4. The lowest BCUT2D eigenvalue weighted by Gasteiger charge is -2.05. The standard InChI is InChI=1S/C19H15ClN4O3S/c1-11-15(17(20)24(23-11)9-12-5-3-2-4-6-12)19(26)27-10-14-21-13-7-8-28-16(13)18(25)22-14/h2-8H,9-10H2,1H3,(H,21,22,25). The van der Waals surface area contributed by atoms with Gasteiger partial charge in [0, 0.05) is 0 Å². The number of rotatable bonds is 5. The molecule has 0 saturated carbocycles. The van der Waals surface area contributed by atoms with E-state index >= 15 is 0 Å². The van der Waals surface area contributed by atoms with Crippen LogP contribution in [0.25, 0.3) is 10.2 Å². The van der Waals surface area contributed by atoms with E-state index in [0.717, 1.165) is 5.56 Å². The predicted molar refractivity (Wildman–Crippen MR) is 107 cm³/mol. The van der Waals surface area contributed by atoms with E-state index in [1.807, 2.05) is 30.3 Å². The second-order valence-electron chi connectivity index (χ2n) is 6.12. The van der Waals surface area contributed by atoms with E-state index in [2.05, 4.69) is 15.1 Å². The molecule has 0 fully saturated rings. The molecule has 3 aromatic heterocycles. The molecule has 7 nitrogen and oxygen atoms in total. The highest BCUT2D eigenvalue weighted by atomic mass is 35.5. The predicted octanol–water partition coefficient (Wildman–Crippen LogP) is 3.55. The first-order valence-electron chi connectivity index (χ1n) is 8.43. The van der Waals surface area contributed by atoms with Crippen molar-refractivity contribution >= 4 is 39.1 Å². The van der Waals surface area contributed by atoms with Crippen LogP contribution in [0.5, 0.6) is 0 Å². The van der Waals surface area contributed by atoms with Gasteiger partial charge in [0.15, 0.2) is 0 Å². The van der Waals surface area contributed by atoms with Crippen molar-refractivity contribution in [1.82, 2.24) is 19.7 Å². The number of H-pyrrole nitrogens is 1. The summed E-state index contributed by atoms with van der Waals surface area (Å²) >= 11 is 7.68. The minimum Gasteiger partial charge on any atom is -0.454 e. The molecule has 28 heavy (non-hydrogen) atoms. The first kappa shape index (κ1) is 18.4. The Morgan fingerprint density at radius 2 is 2.07 bits per heavy atom. The quantitative estimate of drug-likeness (QED) is 0.504. The summed E-state index contributed by atoms with van der Waals surface area (Å²) < 4.78 is 7.41. The number of nitrogens with one attached hydrogen (secondary N) is 1. The van der Waals surface area contributed by atoms with Crippen molar-refractivity contribution in [2.45, 2.75) is 20.1 Å². The smallest absolute Gasteiger partial charge is 0.343 e. The molecule has 1 aromatic carbocycles. The molecule has 3 heterocycles. The number of hydrogen-bond acceptors (Lipinski definition) is 6. The van der Waals surface area contributed by atoms with E-state index in [4.69, 9.17) is 16.3 Å². The Labute approximate surface area is 168 Å². The Hall–Kier alpha value is -2.97. The first-order chi connectivity index (χ1) is 13.5. The Kier molecular flexibility index (Phi) is 4.97. The largest absolute Gasteiger partial charge is 0.454 e. The molecule has 0 amide bonds. The summed E-state index contributed by atoms with van der Waals surface area (Å²) in [6.45, 7) is 1.97. The van der Waals surface area contributed by atoms with Crippen LogP contribution in [0.4, 0.5) is 0 Å². The molecule has 4 aromatic rings. The summed E-state index contributed by atoms with van der Waals surface area (Å²) in [5.74, 6) is -0.343. The second-order valence-corrected chi connectivity index (χ2v) is 7.39. The number of benzene rings is 1. The summed E-state index contributed by atoms with van der Waals surface area (Å²) in [7, 11) is 0. The number of carbonyl (C=O) groups excluding carboxylic acids is 1. The number of aromatic amines is 1. The lowest BCUT2D eigenvalue weighted by atomic mass is 10.2. The molecule has 142 valence electrons. The maximum Gasteiger partial charge on any atom is 0.343 e. The Morgan fingerprint density at radius 1 is 1.29 bits per heavy atom. The highest BCUT2D eigenvalue weighted by Crippen LogP contribution is 2.22. The van der Waals surface area contributed by atoms with Gasteiger partial charge in [-0.25, -0.2) is 14.5 Å². The maximum atomic E-state index is 12.5. The molecule has 0 saturated heterocycles. The zero-order valence-corrected chi connectivity index (χ0v) is 16.4. The van der Waals surface area contributed by atoms with E-state index in [-0.39, 0.29) is 28.7 Å². The molecular formula is C19H15ClN4O3S. The molecule has 1 N–H and O–H groups in total. The monoisotopic (exact) mass is 414 g/mol. The zero-order valence-electron chi connectivity index (χ0n) is 14.8. The zero-order chi connectivity index (χ0) is 19.7. The maximum absolute atomic E-state index is 12.5. The molecule has 9 heteroatoms. The minimum absolute atomic E-state index is 0.167. The molecule has 0 spiro atoms. The number of halogens is 1. The Morgan fingerprint density at radius 3 is 2.86 bits per heavy atom. The Balaban J connectivity index is 1.52. The van der Waals surface area contributed by atoms with Gasteiger partial charge >= 0.3 is 5.97 Å². The number of hydrogen-bond donors (Lipinski definition) is 1. The van der Waals surface area contributed by atoms with Crippen LogP contribution in [0.15, 0.2) is 46.6 Å². The number of aryl methyl sites for hydroxylation is 1. The molecule has 0 aliphatic heterocycles. The molecule has 0 aliphatic carbocycles. The van der Waals surface area contributed by atoms with Crippen LogP contribution in [0.3, 0.4) is 0 Å². The highest BCUT2D eigenvalue weighted by molar-refractivity contribution is 7.17. The van der Waals surface area contributed by atoms with Crippen molar-refractivity contribution in [2.75, 3.05) is 0 Å². The molecule has 4 rings (SSSR count). The molecule has 0 bridgehead atoms. The summed E-state index contributed by atoms with van der Waals surface area (Å²) in [6.07, 6.45) is 0. The number of ether oxygens (including phenoxy) is 1. The highest BCUT2D eigenvalue weighted by Gasteiger charge is 2.22. The fourth-order valence-corrected chi connectivity index (χ4v) is 3.88. The number of thiophene rings is 1. The van der Waals surface area contributed by atoms with E-state index in [0.29, 0.717) is 22.5 Å². The van der Waals surface area contributed by atoms with Crippen LogP contribution in [0.1, 0.15) is 27.4 Å². The van der Waals surface area contributed by atoms with Crippen molar-refractivity contribution in [3.63, 3.8) is 0 Å². The first-order valence-corrected chi connectivity index (χ1v) is 9.69. The van der Waals surface area contributed by atoms with Crippen LogP contribution in [0, 0.1) is 6.92 Å². The SMILES string of the molecule is Cc1nn(Cc2ccccc2)c(Cl)c1C(=O)OCc1nc2ccsc2c(=O)[nH]1. The fourth-order valence-electron chi connectivity index (χ4n) is 2.84. The van der Waals surface area contributed by atoms with Gasteiger partial charge in [-0.05, 0) is 23.9 Å². The summed E-state index contributed by atoms with van der Waals surface area (Å²) in [5.41, 5.74) is 2.01. The molecular weight excluding hydrogens is 400 g/mol. The van der Waals surface area contributed by atoms with E-state index in [1.54, 1.807) is 23.1 Å². The average Bonchev–Trinajstić information content (AvgIpc) is 3.26. The van der Waals surface area contributed by atoms with Crippen molar-refractivity contribution in [1.29, 1.82) is 0 Å². The number of aromatic nitrogens is 4. The van der Waals surface area contributed by atoms with Crippen molar-refractivity contribution in [3.8, 4) is 0 Å². The van der Waals surface area contributed by atoms with Gasteiger partial charge in [0.25, 0.3) is 5.56 Å². The fraction of sp³-hybridized carbons (Fsp3) is 0.158. The minimum atomic E-state index is -0.616. The third kappa shape index (κ3) is 3.56. The third-order valence-electron chi connectivity index (χ3n) is 4.15. The topological polar surface area (TPSA) is 89.9 Å². The van der Waals surface area contributed by atoms with E-state index in [1.165, 1.54) is 11.3 Å². The third-order valence-corrected chi connectivity index (χ3v) is 5.44. The van der Waals surface area contributed by atoms with Gasteiger partial charge < -0.3 is 9.72 Å². The van der Waals surface area contributed by atoms with Crippen LogP contribution in [-0.4, -0.2) is 25.7 Å². The van der Waals surface area contributed by atoms with Crippen LogP contribution in [-0.2, 0) is 17.9 Å². The van der Waals surface area contributed by atoms with Gasteiger partial charge in [-0.15, -0.1) is 11.3 Å². The Bertz CT molecular complexity index is 1210. The van der Waals surface area contributed by atoms with Crippen molar-refractivity contribution in [2.24, 2.45) is 0 Å². The lowest BCUT2D eigenvalue weighted by molar-refractivity contribution is 0.0461. The number of esters is 1. The van der Waals surface area contributed by atoms with Crippen LogP contribution >= 0.6 is 22.9 Å². The average molecular weight is 415 g/mol. The normalized spacial score (nSPS) is 11.1. The van der Waals surface area contributed by atoms with Gasteiger partial charge in [-0.3, -0.25) is 4.79 Å². The molecule has 0 radical (unpaired) electrons. The van der Waals surface area contributed by atoms with Gasteiger partial charge in [-0.2, -0.15) is 5.10 Å². The van der Waals surface area contributed by atoms with Gasteiger partial charge in [-0.1, -0.05) is 41.9 Å². The summed E-state index contributed by atoms with van der Waals surface area (Å²) in [5, 5.41) is 6.34. The van der Waals surface area contributed by atoms with Crippen molar-refractivity contribution < 1.29 is 9.53 Å². The molecule has 0 aliphatic rings. The van der Waals surface area contributed by atoms with Crippen LogP contribution < -0.4 is 5.56 Å². The van der Waals surface area contributed by atoms with Gasteiger partial charge in [0.05, 0.1) is 17.8 Å². The van der Waals surface area contributed by atoms with E-state index in [9.17, 15) is 9.59 Å². The summed E-state index contributed by atoms with van der Waals surface area (Å²) in [4.78, 5) is 31.5. The van der Waals surface area contributed by atoms with Gasteiger partial charge in [0.2, 0.25) is 0 Å².